The van der Waals surface area contributed by atoms with Crippen molar-refractivity contribution in [2.45, 2.75) is 18.0 Å². The molecule has 21 heavy (non-hydrogen) atoms. The second-order valence-corrected chi connectivity index (χ2v) is 6.89. The van der Waals surface area contributed by atoms with Gasteiger partial charge in [-0.15, -0.1) is 0 Å². The van der Waals surface area contributed by atoms with Gasteiger partial charge in [0.1, 0.15) is 5.82 Å². The topological polar surface area (TPSA) is 72.2 Å². The summed E-state index contributed by atoms with van der Waals surface area (Å²) in [5.74, 6) is -0.424. The van der Waals surface area contributed by atoms with Crippen LogP contribution in [0.15, 0.2) is 47.4 Å². The molecule has 6 heteroatoms. The Morgan fingerprint density at radius 1 is 1.05 bits per heavy atom. The predicted octanol–water partition coefficient (Wildman–Crippen LogP) is 2.10. The largest absolute Gasteiger partial charge is 0.396 e. The maximum atomic E-state index is 13.3. The molecular weight excluding hydrogens is 291 g/mol. The highest BCUT2D eigenvalue weighted by Crippen LogP contribution is 2.13. The number of nitrogen functional groups attached to an aromatic ring is 1. The van der Waals surface area contributed by atoms with Crippen LogP contribution in [0, 0.1) is 5.82 Å². The summed E-state index contributed by atoms with van der Waals surface area (Å²) in [6.45, 7) is 1.07. The molecule has 0 spiro atoms. The third-order valence-electron chi connectivity index (χ3n) is 3.07. The zero-order valence-electron chi connectivity index (χ0n) is 11.6. The first kappa shape index (κ1) is 15.5. The highest BCUT2D eigenvalue weighted by molar-refractivity contribution is 7.90. The van der Waals surface area contributed by atoms with Crippen molar-refractivity contribution in [3.63, 3.8) is 0 Å². The Morgan fingerprint density at radius 3 is 2.19 bits per heavy atom. The molecular formula is C15H17FN2O2S. The van der Waals surface area contributed by atoms with E-state index in [2.05, 4.69) is 5.32 Å². The van der Waals surface area contributed by atoms with Crippen molar-refractivity contribution in [1.82, 2.24) is 5.32 Å². The minimum absolute atomic E-state index is 0.134. The maximum Gasteiger partial charge on any atom is 0.175 e. The van der Waals surface area contributed by atoms with Gasteiger partial charge in [0.15, 0.2) is 9.84 Å². The molecule has 0 fully saturated rings. The van der Waals surface area contributed by atoms with E-state index >= 15 is 0 Å². The average Bonchev–Trinajstić information content (AvgIpc) is 2.42. The molecule has 0 aliphatic rings. The lowest BCUT2D eigenvalue weighted by Crippen LogP contribution is -2.13. The van der Waals surface area contributed by atoms with Crippen LogP contribution in [-0.2, 0) is 22.9 Å². The number of rotatable bonds is 5. The summed E-state index contributed by atoms with van der Waals surface area (Å²) >= 11 is 0. The van der Waals surface area contributed by atoms with E-state index in [1.807, 2.05) is 0 Å². The molecule has 0 amide bonds. The first-order valence-electron chi connectivity index (χ1n) is 6.40. The van der Waals surface area contributed by atoms with Crippen molar-refractivity contribution in [2.75, 3.05) is 12.0 Å². The Balaban J connectivity index is 1.93. The van der Waals surface area contributed by atoms with Gasteiger partial charge in [0.05, 0.1) is 10.6 Å². The number of nitrogens with two attached hydrogens (primary N) is 1. The number of hydrogen-bond donors (Lipinski definition) is 2. The summed E-state index contributed by atoms with van der Waals surface area (Å²) in [5, 5.41) is 3.17. The number of sulfone groups is 1. The van der Waals surface area contributed by atoms with Gasteiger partial charge in [-0.25, -0.2) is 12.8 Å². The van der Waals surface area contributed by atoms with Crippen LogP contribution < -0.4 is 11.1 Å². The van der Waals surface area contributed by atoms with Gasteiger partial charge in [-0.05, 0) is 35.4 Å². The van der Waals surface area contributed by atoms with Crippen LogP contribution in [0.5, 0.6) is 0 Å². The Kier molecular flexibility index (Phi) is 4.59. The maximum absolute atomic E-state index is 13.3. The Hall–Kier alpha value is -1.92. The molecule has 0 bridgehead atoms. The molecule has 3 N–H and O–H groups in total. The van der Waals surface area contributed by atoms with Crippen molar-refractivity contribution < 1.29 is 12.8 Å². The van der Waals surface area contributed by atoms with Gasteiger partial charge >= 0.3 is 0 Å². The van der Waals surface area contributed by atoms with Crippen LogP contribution in [0.2, 0.25) is 0 Å². The lowest BCUT2D eigenvalue weighted by molar-refractivity contribution is 0.602. The molecule has 0 saturated carbocycles. The van der Waals surface area contributed by atoms with E-state index in [9.17, 15) is 12.8 Å². The summed E-state index contributed by atoms with van der Waals surface area (Å²) in [5.41, 5.74) is 7.30. The van der Waals surface area contributed by atoms with E-state index in [4.69, 9.17) is 5.73 Å². The number of anilines is 1. The second-order valence-electron chi connectivity index (χ2n) is 4.88. The van der Waals surface area contributed by atoms with E-state index in [0.29, 0.717) is 18.0 Å². The zero-order valence-corrected chi connectivity index (χ0v) is 12.5. The number of nitrogens with one attached hydrogen (secondary N) is 1. The fourth-order valence-electron chi connectivity index (χ4n) is 1.89. The van der Waals surface area contributed by atoms with Crippen LogP contribution in [0.25, 0.3) is 0 Å². The predicted molar refractivity (Wildman–Crippen MR) is 80.9 cm³/mol. The first-order valence-corrected chi connectivity index (χ1v) is 8.29. The van der Waals surface area contributed by atoms with E-state index in [1.54, 1.807) is 30.3 Å². The van der Waals surface area contributed by atoms with Gasteiger partial charge in [0.25, 0.3) is 0 Å². The van der Waals surface area contributed by atoms with E-state index < -0.39 is 15.7 Å². The Morgan fingerprint density at radius 2 is 1.62 bits per heavy atom. The van der Waals surface area contributed by atoms with Crippen molar-refractivity contribution in [3.8, 4) is 0 Å². The van der Waals surface area contributed by atoms with Gasteiger partial charge in [-0.2, -0.15) is 0 Å². The summed E-state index contributed by atoms with van der Waals surface area (Å²) in [6.07, 6.45) is 1.18. The lowest BCUT2D eigenvalue weighted by Gasteiger charge is -2.07. The molecule has 0 aromatic heterocycles. The van der Waals surface area contributed by atoms with Gasteiger partial charge in [-0.1, -0.05) is 18.2 Å². The molecule has 0 aliphatic carbocycles. The third-order valence-corrected chi connectivity index (χ3v) is 4.20. The number of hydrogen-bond acceptors (Lipinski definition) is 4. The van der Waals surface area contributed by atoms with Crippen LogP contribution in [0.3, 0.4) is 0 Å². The fourth-order valence-corrected chi connectivity index (χ4v) is 2.52. The first-order chi connectivity index (χ1) is 9.86. The molecule has 0 aliphatic heterocycles. The molecule has 0 radical (unpaired) electrons. The van der Waals surface area contributed by atoms with Crippen LogP contribution in [0.1, 0.15) is 11.1 Å². The SMILES string of the molecule is CS(=O)(=O)c1ccc(CNCc2ccc(N)c(F)c2)cc1. The third kappa shape index (κ3) is 4.27. The van der Waals surface area contributed by atoms with Crippen molar-refractivity contribution in [2.24, 2.45) is 0 Å². The smallest absolute Gasteiger partial charge is 0.175 e. The van der Waals surface area contributed by atoms with Gasteiger partial charge < -0.3 is 11.1 Å². The summed E-state index contributed by atoms with van der Waals surface area (Å²) in [7, 11) is -3.17. The highest BCUT2D eigenvalue weighted by atomic mass is 32.2. The summed E-state index contributed by atoms with van der Waals surface area (Å²) in [4.78, 5) is 0.298. The molecule has 0 heterocycles. The summed E-state index contributed by atoms with van der Waals surface area (Å²) in [6, 6.07) is 11.4. The normalized spacial score (nSPS) is 11.5. The quantitative estimate of drug-likeness (QED) is 0.830. The number of benzene rings is 2. The van der Waals surface area contributed by atoms with Gasteiger partial charge in [0.2, 0.25) is 0 Å². The summed E-state index contributed by atoms with van der Waals surface area (Å²) < 4.78 is 36.0. The monoisotopic (exact) mass is 308 g/mol. The van der Waals surface area contributed by atoms with Crippen molar-refractivity contribution in [1.29, 1.82) is 0 Å². The Labute approximate surface area is 123 Å². The van der Waals surface area contributed by atoms with Gasteiger partial charge in [-0.3, -0.25) is 0 Å². The second kappa shape index (κ2) is 6.24. The molecule has 0 saturated heterocycles. The molecule has 2 aromatic carbocycles. The molecule has 2 rings (SSSR count). The van der Waals surface area contributed by atoms with Crippen molar-refractivity contribution in [3.05, 3.63) is 59.4 Å². The molecule has 4 nitrogen and oxygen atoms in total. The van der Waals surface area contributed by atoms with Crippen LogP contribution in [0.4, 0.5) is 10.1 Å². The molecule has 112 valence electrons. The standard InChI is InChI=1S/C15H17FN2O2S/c1-21(19,20)13-5-2-11(3-6-13)9-18-10-12-4-7-15(17)14(16)8-12/h2-8,18H,9-10,17H2,1H3. The van der Waals surface area contributed by atoms with E-state index in [-0.39, 0.29) is 5.69 Å². The lowest BCUT2D eigenvalue weighted by atomic mass is 10.2. The average molecular weight is 308 g/mol. The number of halogens is 1. The Bertz CT molecular complexity index is 728. The van der Waals surface area contributed by atoms with Crippen LogP contribution >= 0.6 is 0 Å². The van der Waals surface area contributed by atoms with Gasteiger partial charge in [0, 0.05) is 19.3 Å². The molecule has 0 atom stereocenters. The minimum atomic E-state index is -3.17. The fraction of sp³-hybridized carbons (Fsp3) is 0.200. The zero-order chi connectivity index (χ0) is 15.5. The van der Waals surface area contributed by atoms with Crippen LogP contribution in [-0.4, -0.2) is 14.7 Å². The highest BCUT2D eigenvalue weighted by Gasteiger charge is 2.06. The van der Waals surface area contributed by atoms with E-state index in [1.165, 1.54) is 18.4 Å². The van der Waals surface area contributed by atoms with Crippen molar-refractivity contribution >= 4 is 15.5 Å². The molecule has 2 aromatic rings. The minimum Gasteiger partial charge on any atom is -0.396 e. The van der Waals surface area contributed by atoms with E-state index in [0.717, 1.165) is 11.1 Å². The molecule has 0 unspecified atom stereocenters.